The lowest BCUT2D eigenvalue weighted by atomic mass is 10.2. The molecule has 0 aliphatic carbocycles. The molecule has 0 aliphatic heterocycles. The zero-order valence-corrected chi connectivity index (χ0v) is 9.23. The van der Waals surface area contributed by atoms with Crippen LogP contribution in [0.2, 0.25) is 0 Å². The molecule has 0 amide bonds. The van der Waals surface area contributed by atoms with E-state index in [9.17, 15) is 13.2 Å². The van der Waals surface area contributed by atoms with Gasteiger partial charge in [-0.05, 0) is 24.1 Å². The molecule has 0 radical (unpaired) electrons. The van der Waals surface area contributed by atoms with Gasteiger partial charge in [0, 0.05) is 6.61 Å². The molecule has 0 N–H and O–H groups in total. The Hall–Kier alpha value is -1.03. The Labute approximate surface area is 93.2 Å². The summed E-state index contributed by atoms with van der Waals surface area (Å²) in [6.07, 6.45) is 3.07. The van der Waals surface area contributed by atoms with E-state index in [0.29, 0.717) is 12.2 Å². The summed E-state index contributed by atoms with van der Waals surface area (Å²) < 4.78 is 43.4. The Morgan fingerprint density at radius 2 is 1.69 bits per heavy atom. The molecule has 0 heterocycles. The maximum absolute atomic E-state index is 12.8. The van der Waals surface area contributed by atoms with Crippen LogP contribution in [0.3, 0.4) is 0 Å². The van der Waals surface area contributed by atoms with Crippen molar-refractivity contribution in [3.05, 3.63) is 35.1 Å². The van der Waals surface area contributed by atoms with Crippen molar-refractivity contribution in [2.45, 2.75) is 32.8 Å². The molecule has 1 aromatic carbocycles. The topological polar surface area (TPSA) is 9.23 Å². The molecular weight excluding hydrogens is 217 g/mol. The summed E-state index contributed by atoms with van der Waals surface area (Å²) in [6.45, 7) is 2.73. The molecule has 0 fully saturated rings. The molecule has 0 saturated heterocycles. The molecule has 0 aromatic heterocycles. The molecule has 0 spiro atoms. The van der Waals surface area contributed by atoms with Gasteiger partial charge in [-0.2, -0.15) is 0 Å². The average molecular weight is 232 g/mol. The Morgan fingerprint density at radius 3 is 2.25 bits per heavy atom. The highest BCUT2D eigenvalue weighted by molar-refractivity contribution is 5.18. The summed E-state index contributed by atoms with van der Waals surface area (Å²) >= 11 is 0. The van der Waals surface area contributed by atoms with Gasteiger partial charge in [-0.25, -0.2) is 13.2 Å². The van der Waals surface area contributed by atoms with Gasteiger partial charge < -0.3 is 4.74 Å². The van der Waals surface area contributed by atoms with Gasteiger partial charge in [-0.15, -0.1) is 0 Å². The van der Waals surface area contributed by atoms with Crippen molar-refractivity contribution < 1.29 is 17.9 Å². The van der Waals surface area contributed by atoms with Crippen LogP contribution in [0.25, 0.3) is 0 Å². The monoisotopic (exact) mass is 232 g/mol. The maximum atomic E-state index is 12.8. The molecule has 0 atom stereocenters. The van der Waals surface area contributed by atoms with Crippen molar-refractivity contribution >= 4 is 0 Å². The van der Waals surface area contributed by atoms with Crippen molar-refractivity contribution in [1.82, 2.24) is 0 Å². The highest BCUT2D eigenvalue weighted by atomic mass is 19.2. The number of rotatable bonds is 6. The smallest absolute Gasteiger partial charge is 0.194 e. The van der Waals surface area contributed by atoms with Gasteiger partial charge in [0.25, 0.3) is 0 Å². The summed E-state index contributed by atoms with van der Waals surface area (Å²) in [6, 6.07) is 1.91. The first-order valence-electron chi connectivity index (χ1n) is 5.36. The van der Waals surface area contributed by atoms with Crippen LogP contribution in [-0.2, 0) is 11.3 Å². The first-order valence-corrected chi connectivity index (χ1v) is 5.36. The maximum Gasteiger partial charge on any atom is 0.194 e. The lowest BCUT2D eigenvalue weighted by Crippen LogP contribution is -1.99. The van der Waals surface area contributed by atoms with Crippen LogP contribution in [0.5, 0.6) is 0 Å². The van der Waals surface area contributed by atoms with Crippen LogP contribution < -0.4 is 0 Å². The minimum absolute atomic E-state index is 0.109. The van der Waals surface area contributed by atoms with E-state index < -0.39 is 17.5 Å². The van der Waals surface area contributed by atoms with Crippen molar-refractivity contribution in [2.24, 2.45) is 0 Å². The number of hydrogen-bond acceptors (Lipinski definition) is 1. The number of unbranched alkanes of at least 4 members (excludes halogenated alkanes) is 2. The third-order valence-electron chi connectivity index (χ3n) is 2.20. The Kier molecular flexibility index (Phi) is 5.32. The quantitative estimate of drug-likeness (QED) is 0.535. The molecule has 0 saturated carbocycles. The van der Waals surface area contributed by atoms with Crippen molar-refractivity contribution in [3.63, 3.8) is 0 Å². The molecule has 1 rings (SSSR count). The number of ether oxygens (including phenoxy) is 1. The van der Waals surface area contributed by atoms with E-state index >= 15 is 0 Å². The van der Waals surface area contributed by atoms with E-state index in [1.54, 1.807) is 0 Å². The van der Waals surface area contributed by atoms with Crippen LogP contribution in [0.4, 0.5) is 13.2 Å². The second-order valence-electron chi connectivity index (χ2n) is 3.63. The van der Waals surface area contributed by atoms with Crippen LogP contribution in [0, 0.1) is 17.5 Å². The molecule has 0 aliphatic rings. The third kappa shape index (κ3) is 3.85. The largest absolute Gasteiger partial charge is 0.377 e. The molecule has 16 heavy (non-hydrogen) atoms. The lowest BCUT2D eigenvalue weighted by molar-refractivity contribution is 0.116. The highest BCUT2D eigenvalue weighted by Gasteiger charge is 2.10. The lowest BCUT2D eigenvalue weighted by Gasteiger charge is -2.05. The van der Waals surface area contributed by atoms with E-state index in [-0.39, 0.29) is 6.61 Å². The minimum atomic E-state index is -1.44. The third-order valence-corrected chi connectivity index (χ3v) is 2.20. The fourth-order valence-corrected chi connectivity index (χ4v) is 1.34. The number of halogens is 3. The fraction of sp³-hybridized carbons (Fsp3) is 0.500. The van der Waals surface area contributed by atoms with E-state index in [4.69, 9.17) is 4.74 Å². The summed E-state index contributed by atoms with van der Waals surface area (Å²) in [5, 5.41) is 0. The SMILES string of the molecule is CCCCCOCc1cc(F)c(F)c(F)c1. The Balaban J connectivity index is 2.43. The van der Waals surface area contributed by atoms with Crippen LogP contribution in [0.1, 0.15) is 31.7 Å². The first-order chi connectivity index (χ1) is 7.65. The molecule has 90 valence electrons. The van der Waals surface area contributed by atoms with Gasteiger partial charge >= 0.3 is 0 Å². The molecule has 4 heteroatoms. The van der Waals surface area contributed by atoms with E-state index in [0.717, 1.165) is 31.4 Å². The molecule has 0 bridgehead atoms. The number of hydrogen-bond donors (Lipinski definition) is 0. The van der Waals surface area contributed by atoms with Gasteiger partial charge in [-0.3, -0.25) is 0 Å². The van der Waals surface area contributed by atoms with E-state index in [1.807, 2.05) is 0 Å². The second-order valence-corrected chi connectivity index (χ2v) is 3.63. The highest BCUT2D eigenvalue weighted by Crippen LogP contribution is 2.14. The van der Waals surface area contributed by atoms with Gasteiger partial charge in [0.1, 0.15) is 0 Å². The second kappa shape index (κ2) is 6.53. The van der Waals surface area contributed by atoms with E-state index in [2.05, 4.69) is 6.92 Å². The predicted octanol–water partition coefficient (Wildman–Crippen LogP) is 3.81. The average Bonchev–Trinajstić information content (AvgIpc) is 2.25. The normalized spacial score (nSPS) is 10.8. The Bertz CT molecular complexity index is 316. The number of benzene rings is 1. The zero-order valence-electron chi connectivity index (χ0n) is 9.23. The van der Waals surface area contributed by atoms with Gasteiger partial charge in [0.2, 0.25) is 0 Å². The van der Waals surface area contributed by atoms with Crippen molar-refractivity contribution in [1.29, 1.82) is 0 Å². The predicted molar refractivity (Wildman–Crippen MR) is 55.5 cm³/mol. The molecule has 1 aromatic rings. The van der Waals surface area contributed by atoms with E-state index in [1.165, 1.54) is 0 Å². The van der Waals surface area contributed by atoms with Gasteiger partial charge in [0.15, 0.2) is 17.5 Å². The molecule has 0 unspecified atom stereocenters. The Morgan fingerprint density at radius 1 is 1.06 bits per heavy atom. The van der Waals surface area contributed by atoms with Gasteiger partial charge in [-0.1, -0.05) is 19.8 Å². The van der Waals surface area contributed by atoms with Crippen molar-refractivity contribution in [2.75, 3.05) is 6.61 Å². The minimum Gasteiger partial charge on any atom is -0.377 e. The summed E-state index contributed by atoms with van der Waals surface area (Å²) in [4.78, 5) is 0. The first kappa shape index (κ1) is 13.0. The summed E-state index contributed by atoms with van der Waals surface area (Å²) in [7, 11) is 0. The van der Waals surface area contributed by atoms with Crippen LogP contribution >= 0.6 is 0 Å². The standard InChI is InChI=1S/C12H15F3O/c1-2-3-4-5-16-8-9-6-10(13)12(15)11(14)7-9/h6-7H,2-5,8H2,1H3. The summed E-state index contributed by atoms with van der Waals surface area (Å²) in [5.74, 6) is -3.78. The molecular formula is C12H15F3O. The molecule has 1 nitrogen and oxygen atoms in total. The van der Waals surface area contributed by atoms with Crippen LogP contribution in [-0.4, -0.2) is 6.61 Å². The summed E-state index contributed by atoms with van der Waals surface area (Å²) in [5.41, 5.74) is 0.313. The fourth-order valence-electron chi connectivity index (χ4n) is 1.34. The van der Waals surface area contributed by atoms with Gasteiger partial charge in [0.05, 0.1) is 6.61 Å². The van der Waals surface area contributed by atoms with Crippen LogP contribution in [0.15, 0.2) is 12.1 Å². The zero-order chi connectivity index (χ0) is 12.0. The van der Waals surface area contributed by atoms with Crippen molar-refractivity contribution in [3.8, 4) is 0 Å².